The summed E-state index contributed by atoms with van der Waals surface area (Å²) < 4.78 is 7.51. The fraction of sp³-hybridized carbons (Fsp3) is 0.375. The number of hydrogen-bond donors (Lipinski definition) is 1. The predicted octanol–water partition coefficient (Wildman–Crippen LogP) is 3.80. The van der Waals surface area contributed by atoms with Crippen molar-refractivity contribution >= 4 is 28.4 Å². The molecule has 1 aliphatic heterocycles. The standard InChI is InChI=1S/C24H28ClN3O2/c1-27-17-22(20-4-2-3-5-23(20)27)21(18-6-8-19(25)9-7-18)16-24(29)26-10-11-28-12-14-30-15-13-28/h2-9,17,21H,10-16H2,1H3,(H,26,29). The molecular weight excluding hydrogens is 398 g/mol. The summed E-state index contributed by atoms with van der Waals surface area (Å²) in [4.78, 5) is 15.2. The van der Waals surface area contributed by atoms with Crippen molar-refractivity contribution in [1.82, 2.24) is 14.8 Å². The second-order valence-corrected chi connectivity index (χ2v) is 8.26. The summed E-state index contributed by atoms with van der Waals surface area (Å²) >= 11 is 6.11. The Balaban J connectivity index is 1.52. The summed E-state index contributed by atoms with van der Waals surface area (Å²) in [6, 6.07) is 16.2. The van der Waals surface area contributed by atoms with Crippen LogP contribution < -0.4 is 5.32 Å². The quantitative estimate of drug-likeness (QED) is 0.626. The Bertz CT molecular complexity index is 993. The Kier molecular flexibility index (Phi) is 6.72. The minimum Gasteiger partial charge on any atom is -0.379 e. The third-order valence-electron chi connectivity index (χ3n) is 5.82. The molecule has 1 atom stereocenters. The zero-order valence-corrected chi connectivity index (χ0v) is 18.1. The van der Waals surface area contributed by atoms with Crippen LogP contribution >= 0.6 is 11.6 Å². The van der Waals surface area contributed by atoms with Gasteiger partial charge in [-0.3, -0.25) is 9.69 Å². The number of ether oxygens (including phenoxy) is 1. The van der Waals surface area contributed by atoms with E-state index in [1.54, 1.807) is 0 Å². The van der Waals surface area contributed by atoms with Crippen LogP contribution in [0.15, 0.2) is 54.7 Å². The highest BCUT2D eigenvalue weighted by molar-refractivity contribution is 6.30. The van der Waals surface area contributed by atoms with Gasteiger partial charge in [0.25, 0.3) is 0 Å². The Morgan fingerprint density at radius 2 is 1.87 bits per heavy atom. The monoisotopic (exact) mass is 425 g/mol. The van der Waals surface area contributed by atoms with Gasteiger partial charge in [-0.2, -0.15) is 0 Å². The molecule has 1 aromatic heterocycles. The van der Waals surface area contributed by atoms with Crippen LogP contribution in [0.5, 0.6) is 0 Å². The molecule has 0 saturated carbocycles. The maximum atomic E-state index is 12.9. The number of nitrogens with one attached hydrogen (secondary N) is 1. The lowest BCUT2D eigenvalue weighted by Crippen LogP contribution is -2.41. The van der Waals surface area contributed by atoms with Crippen LogP contribution in [0.4, 0.5) is 0 Å². The van der Waals surface area contributed by atoms with E-state index in [9.17, 15) is 4.79 Å². The molecule has 4 rings (SSSR count). The predicted molar refractivity (Wildman–Crippen MR) is 121 cm³/mol. The van der Waals surface area contributed by atoms with E-state index in [0.29, 0.717) is 18.0 Å². The summed E-state index contributed by atoms with van der Waals surface area (Å²) in [5.74, 6) is 0.0351. The van der Waals surface area contributed by atoms with Crippen molar-refractivity contribution in [2.45, 2.75) is 12.3 Å². The van der Waals surface area contributed by atoms with Crippen LogP contribution in [0, 0.1) is 0 Å². The molecule has 1 unspecified atom stereocenters. The second kappa shape index (κ2) is 9.65. The normalized spacial score (nSPS) is 15.9. The smallest absolute Gasteiger partial charge is 0.220 e. The number of amides is 1. The largest absolute Gasteiger partial charge is 0.379 e. The number of aromatic nitrogens is 1. The van der Waals surface area contributed by atoms with Gasteiger partial charge in [-0.25, -0.2) is 0 Å². The number of carbonyl (C=O) groups is 1. The van der Waals surface area contributed by atoms with Crippen molar-refractivity contribution < 1.29 is 9.53 Å². The summed E-state index contributed by atoms with van der Waals surface area (Å²) in [5, 5.41) is 4.99. The van der Waals surface area contributed by atoms with Crippen LogP contribution in [0.1, 0.15) is 23.5 Å². The molecule has 0 radical (unpaired) electrons. The van der Waals surface area contributed by atoms with Gasteiger partial charge in [0, 0.05) is 67.7 Å². The molecule has 6 heteroatoms. The fourth-order valence-corrected chi connectivity index (χ4v) is 4.31. The number of morpholine rings is 1. The second-order valence-electron chi connectivity index (χ2n) is 7.82. The molecular formula is C24H28ClN3O2. The summed E-state index contributed by atoms with van der Waals surface area (Å²) in [7, 11) is 2.05. The molecule has 1 N–H and O–H groups in total. The number of benzene rings is 2. The lowest BCUT2D eigenvalue weighted by atomic mass is 9.88. The van der Waals surface area contributed by atoms with Gasteiger partial charge in [0.2, 0.25) is 5.91 Å². The topological polar surface area (TPSA) is 46.5 Å². The first-order chi connectivity index (χ1) is 14.6. The molecule has 3 aromatic rings. The zero-order valence-electron chi connectivity index (χ0n) is 17.3. The van der Waals surface area contributed by atoms with Gasteiger partial charge in [0.1, 0.15) is 0 Å². The minimum absolute atomic E-state index is 0.0308. The van der Waals surface area contributed by atoms with Crippen molar-refractivity contribution in [2.24, 2.45) is 7.05 Å². The molecule has 1 saturated heterocycles. The van der Waals surface area contributed by atoms with E-state index < -0.39 is 0 Å². The number of para-hydroxylation sites is 1. The lowest BCUT2D eigenvalue weighted by Gasteiger charge is -2.26. The number of halogens is 1. The number of fused-ring (bicyclic) bond motifs is 1. The van der Waals surface area contributed by atoms with Crippen LogP contribution in [0.2, 0.25) is 5.02 Å². The van der Waals surface area contributed by atoms with Gasteiger partial charge in [0.15, 0.2) is 0 Å². The highest BCUT2D eigenvalue weighted by Gasteiger charge is 2.22. The first-order valence-electron chi connectivity index (χ1n) is 10.5. The average molecular weight is 426 g/mol. The van der Waals surface area contributed by atoms with Crippen molar-refractivity contribution in [3.05, 3.63) is 70.9 Å². The number of aryl methyl sites for hydroxylation is 1. The third-order valence-corrected chi connectivity index (χ3v) is 6.07. The third kappa shape index (κ3) is 4.86. The lowest BCUT2D eigenvalue weighted by molar-refractivity contribution is -0.121. The zero-order chi connectivity index (χ0) is 20.9. The van der Waals surface area contributed by atoms with Crippen LogP contribution in [-0.4, -0.2) is 54.8 Å². The van der Waals surface area contributed by atoms with Gasteiger partial charge in [-0.05, 0) is 29.3 Å². The van der Waals surface area contributed by atoms with Crippen molar-refractivity contribution in [2.75, 3.05) is 39.4 Å². The first-order valence-corrected chi connectivity index (χ1v) is 10.9. The van der Waals surface area contributed by atoms with E-state index >= 15 is 0 Å². The number of carbonyl (C=O) groups excluding carboxylic acids is 1. The molecule has 5 nitrogen and oxygen atoms in total. The van der Waals surface area contributed by atoms with Crippen molar-refractivity contribution in [3.63, 3.8) is 0 Å². The number of nitrogens with zero attached hydrogens (tertiary/aromatic N) is 2. The fourth-order valence-electron chi connectivity index (χ4n) is 4.19. The van der Waals surface area contributed by atoms with E-state index in [1.807, 2.05) is 43.4 Å². The Hall–Kier alpha value is -2.34. The van der Waals surface area contributed by atoms with Gasteiger partial charge in [-0.1, -0.05) is 41.9 Å². The van der Waals surface area contributed by atoms with E-state index in [2.05, 4.69) is 33.1 Å². The van der Waals surface area contributed by atoms with E-state index in [0.717, 1.165) is 38.4 Å². The number of rotatable bonds is 7. The molecule has 2 aromatic carbocycles. The highest BCUT2D eigenvalue weighted by atomic mass is 35.5. The number of hydrogen-bond acceptors (Lipinski definition) is 3. The van der Waals surface area contributed by atoms with E-state index in [1.165, 1.54) is 16.5 Å². The molecule has 30 heavy (non-hydrogen) atoms. The molecule has 0 bridgehead atoms. The summed E-state index contributed by atoms with van der Waals surface area (Å²) in [6.45, 7) is 4.91. The first kappa shape index (κ1) is 20.9. The highest BCUT2D eigenvalue weighted by Crippen LogP contribution is 2.34. The molecule has 2 heterocycles. The van der Waals surface area contributed by atoms with Gasteiger partial charge >= 0.3 is 0 Å². The van der Waals surface area contributed by atoms with Crippen LogP contribution in [0.3, 0.4) is 0 Å². The van der Waals surface area contributed by atoms with Gasteiger partial charge in [0.05, 0.1) is 13.2 Å². The van der Waals surface area contributed by atoms with E-state index in [4.69, 9.17) is 16.3 Å². The van der Waals surface area contributed by atoms with Gasteiger partial charge in [-0.15, -0.1) is 0 Å². The van der Waals surface area contributed by atoms with Gasteiger partial charge < -0.3 is 14.6 Å². The van der Waals surface area contributed by atoms with Crippen LogP contribution in [0.25, 0.3) is 10.9 Å². The minimum atomic E-state index is -0.0308. The SMILES string of the molecule is Cn1cc(C(CC(=O)NCCN2CCOCC2)c2ccc(Cl)cc2)c2ccccc21. The van der Waals surface area contributed by atoms with Crippen molar-refractivity contribution in [1.29, 1.82) is 0 Å². The maximum absolute atomic E-state index is 12.9. The Labute approximate surface area is 182 Å². The Morgan fingerprint density at radius 3 is 2.63 bits per heavy atom. The summed E-state index contributed by atoms with van der Waals surface area (Å²) in [5.41, 5.74) is 3.43. The molecule has 1 aliphatic rings. The molecule has 1 fully saturated rings. The summed E-state index contributed by atoms with van der Waals surface area (Å²) in [6.07, 6.45) is 2.55. The van der Waals surface area contributed by atoms with Crippen molar-refractivity contribution in [3.8, 4) is 0 Å². The van der Waals surface area contributed by atoms with E-state index in [-0.39, 0.29) is 11.8 Å². The molecule has 1 amide bonds. The Morgan fingerprint density at radius 1 is 1.13 bits per heavy atom. The molecule has 0 aliphatic carbocycles. The molecule has 158 valence electrons. The average Bonchev–Trinajstić information content (AvgIpc) is 3.10. The molecule has 0 spiro atoms. The maximum Gasteiger partial charge on any atom is 0.220 e. The van der Waals surface area contributed by atoms with Crippen LogP contribution in [-0.2, 0) is 16.6 Å².